The molecule has 1 atom stereocenters. The van der Waals surface area contributed by atoms with E-state index in [1.165, 1.54) is 17.8 Å². The second kappa shape index (κ2) is 9.18. The van der Waals surface area contributed by atoms with Crippen molar-refractivity contribution < 1.29 is 13.9 Å². The van der Waals surface area contributed by atoms with Crippen LogP contribution >= 0.6 is 11.8 Å². The molecule has 0 spiro atoms. The molecule has 9 heteroatoms. The van der Waals surface area contributed by atoms with Gasteiger partial charge in [-0.25, -0.2) is 4.39 Å². The minimum absolute atomic E-state index is 0.163. The molecule has 1 saturated heterocycles. The van der Waals surface area contributed by atoms with Crippen molar-refractivity contribution in [2.45, 2.75) is 37.3 Å². The van der Waals surface area contributed by atoms with Crippen molar-refractivity contribution in [2.75, 3.05) is 31.2 Å². The number of hydrogen-bond acceptors (Lipinski definition) is 6. The number of halogens is 1. The van der Waals surface area contributed by atoms with Gasteiger partial charge in [0.25, 0.3) is 0 Å². The molecular weight excluding hydrogens is 369 g/mol. The number of thioether (sulfide) groups is 1. The normalized spacial score (nSPS) is 15.6. The maximum atomic E-state index is 13.7. The number of rotatable bonds is 7. The van der Waals surface area contributed by atoms with Crippen LogP contribution < -0.4 is 10.2 Å². The molecule has 1 fully saturated rings. The number of hydrogen-bond donors (Lipinski definition) is 1. The smallest absolute Gasteiger partial charge is 0.233 e. The number of benzene rings is 1. The maximum absolute atomic E-state index is 13.7. The van der Waals surface area contributed by atoms with E-state index in [2.05, 4.69) is 20.4 Å². The third-order valence-electron chi connectivity index (χ3n) is 4.37. The summed E-state index contributed by atoms with van der Waals surface area (Å²) in [5.74, 6) is 0.322. The van der Waals surface area contributed by atoms with E-state index in [0.29, 0.717) is 30.5 Å². The highest BCUT2D eigenvalue weighted by atomic mass is 32.2. The molecular formula is C18H24FN5O2S. The van der Waals surface area contributed by atoms with Gasteiger partial charge in [-0.2, -0.15) is 0 Å². The molecule has 2 aromatic rings. The molecule has 7 nitrogen and oxygen atoms in total. The van der Waals surface area contributed by atoms with Crippen molar-refractivity contribution in [1.82, 2.24) is 20.1 Å². The zero-order valence-corrected chi connectivity index (χ0v) is 16.3. The quantitative estimate of drug-likeness (QED) is 0.726. The zero-order chi connectivity index (χ0) is 19.2. The van der Waals surface area contributed by atoms with Crippen LogP contribution in [-0.4, -0.2) is 52.2 Å². The van der Waals surface area contributed by atoms with Gasteiger partial charge in [-0.1, -0.05) is 30.0 Å². The Hall–Kier alpha value is -2.13. The number of nitrogens with one attached hydrogen (secondary N) is 1. The van der Waals surface area contributed by atoms with E-state index in [1.54, 1.807) is 18.2 Å². The van der Waals surface area contributed by atoms with E-state index in [4.69, 9.17) is 4.74 Å². The topological polar surface area (TPSA) is 72.3 Å². The minimum Gasteiger partial charge on any atom is -0.378 e. The minimum atomic E-state index is -0.371. The van der Waals surface area contributed by atoms with E-state index >= 15 is 0 Å². The second-order valence-electron chi connectivity index (χ2n) is 6.20. The van der Waals surface area contributed by atoms with Gasteiger partial charge in [0.05, 0.1) is 18.5 Å². The van der Waals surface area contributed by atoms with Gasteiger partial charge in [-0.15, -0.1) is 10.2 Å². The molecule has 0 aliphatic carbocycles. The van der Waals surface area contributed by atoms with Crippen molar-refractivity contribution in [3.05, 3.63) is 35.6 Å². The summed E-state index contributed by atoms with van der Waals surface area (Å²) in [7, 11) is 0. The number of nitrogens with zero attached hydrogens (tertiary/aromatic N) is 4. The summed E-state index contributed by atoms with van der Waals surface area (Å²) in [6, 6.07) is 6.43. The third kappa shape index (κ3) is 4.78. The summed E-state index contributed by atoms with van der Waals surface area (Å²) in [6.07, 6.45) is 0. The largest absolute Gasteiger partial charge is 0.378 e. The van der Waals surface area contributed by atoms with Crippen molar-refractivity contribution in [2.24, 2.45) is 0 Å². The van der Waals surface area contributed by atoms with Crippen LogP contribution in [0.25, 0.3) is 0 Å². The van der Waals surface area contributed by atoms with E-state index in [-0.39, 0.29) is 23.5 Å². The van der Waals surface area contributed by atoms with Gasteiger partial charge in [-0.3, -0.25) is 9.36 Å². The molecule has 0 bridgehead atoms. The lowest BCUT2D eigenvalue weighted by atomic mass is 10.2. The molecule has 146 valence electrons. The Bertz CT molecular complexity index is 779. The van der Waals surface area contributed by atoms with E-state index in [9.17, 15) is 9.18 Å². The predicted octanol–water partition coefficient (Wildman–Crippen LogP) is 2.07. The molecule has 1 unspecified atom stereocenters. The average Bonchev–Trinajstić information content (AvgIpc) is 3.10. The molecule has 3 rings (SSSR count). The summed E-state index contributed by atoms with van der Waals surface area (Å²) in [4.78, 5) is 14.5. The fourth-order valence-electron chi connectivity index (χ4n) is 2.82. The molecule has 1 aromatic heterocycles. The maximum Gasteiger partial charge on any atom is 0.233 e. The lowest BCUT2D eigenvalue weighted by Crippen LogP contribution is -2.38. The highest BCUT2D eigenvalue weighted by Crippen LogP contribution is 2.26. The summed E-state index contributed by atoms with van der Waals surface area (Å²) >= 11 is 1.35. The first-order valence-corrected chi connectivity index (χ1v) is 9.91. The SMILES string of the molecule is CCn1c(SC(C)C(=O)NCc2ccccc2F)nnc1N1CCOCC1. The summed E-state index contributed by atoms with van der Waals surface area (Å²) in [5, 5.41) is 11.7. The van der Waals surface area contributed by atoms with Gasteiger partial charge >= 0.3 is 0 Å². The average molecular weight is 393 g/mol. The number of amides is 1. The molecule has 1 aliphatic rings. The first kappa shape index (κ1) is 19.6. The highest BCUT2D eigenvalue weighted by Gasteiger charge is 2.23. The van der Waals surface area contributed by atoms with Gasteiger partial charge in [0, 0.05) is 31.7 Å². The molecule has 0 saturated carbocycles. The van der Waals surface area contributed by atoms with Crippen LogP contribution in [0.5, 0.6) is 0 Å². The third-order valence-corrected chi connectivity index (χ3v) is 5.45. The molecule has 1 aromatic carbocycles. The summed E-state index contributed by atoms with van der Waals surface area (Å²) in [6.45, 7) is 7.62. The molecule has 1 N–H and O–H groups in total. The van der Waals surface area contributed by atoms with Gasteiger partial charge in [0.2, 0.25) is 11.9 Å². The van der Waals surface area contributed by atoms with Crippen LogP contribution in [-0.2, 0) is 22.6 Å². The van der Waals surface area contributed by atoms with Crippen LogP contribution in [0, 0.1) is 5.82 Å². The fraction of sp³-hybridized carbons (Fsp3) is 0.500. The predicted molar refractivity (Wildman–Crippen MR) is 102 cm³/mol. The Morgan fingerprint density at radius 1 is 1.33 bits per heavy atom. The zero-order valence-electron chi connectivity index (χ0n) is 15.5. The van der Waals surface area contributed by atoms with Gasteiger partial charge in [-0.05, 0) is 19.9 Å². The lowest BCUT2D eigenvalue weighted by molar-refractivity contribution is -0.120. The Labute approximate surface area is 162 Å². The Balaban J connectivity index is 1.61. The number of carbonyl (C=O) groups excluding carboxylic acids is 1. The van der Waals surface area contributed by atoms with Crippen LogP contribution in [0.1, 0.15) is 19.4 Å². The van der Waals surface area contributed by atoms with Crippen molar-refractivity contribution >= 4 is 23.6 Å². The lowest BCUT2D eigenvalue weighted by Gasteiger charge is -2.27. The summed E-state index contributed by atoms with van der Waals surface area (Å²) in [5.41, 5.74) is 0.467. The second-order valence-corrected chi connectivity index (χ2v) is 7.50. The first-order valence-electron chi connectivity index (χ1n) is 9.03. The number of morpholine rings is 1. The van der Waals surface area contributed by atoms with Crippen LogP contribution in [0.3, 0.4) is 0 Å². The van der Waals surface area contributed by atoms with Crippen LogP contribution in [0.2, 0.25) is 0 Å². The number of aromatic nitrogens is 3. The highest BCUT2D eigenvalue weighted by molar-refractivity contribution is 8.00. The van der Waals surface area contributed by atoms with Gasteiger partial charge < -0.3 is 15.0 Å². The molecule has 27 heavy (non-hydrogen) atoms. The van der Waals surface area contributed by atoms with E-state index in [1.807, 2.05) is 18.4 Å². The van der Waals surface area contributed by atoms with Crippen LogP contribution in [0.15, 0.2) is 29.4 Å². The van der Waals surface area contributed by atoms with E-state index in [0.717, 1.165) is 19.0 Å². The van der Waals surface area contributed by atoms with Crippen molar-refractivity contribution in [1.29, 1.82) is 0 Å². The standard InChI is InChI=1S/C18H24FN5O2S/c1-3-24-17(23-8-10-26-11-9-23)21-22-18(24)27-13(2)16(25)20-12-14-6-4-5-7-15(14)19/h4-7,13H,3,8-12H2,1-2H3,(H,20,25). The van der Waals surface area contributed by atoms with E-state index < -0.39 is 0 Å². The number of carbonyl (C=O) groups is 1. The van der Waals surface area contributed by atoms with Crippen molar-refractivity contribution in [3.8, 4) is 0 Å². The van der Waals surface area contributed by atoms with Crippen molar-refractivity contribution in [3.63, 3.8) is 0 Å². The van der Waals surface area contributed by atoms with Gasteiger partial charge in [0.15, 0.2) is 5.16 Å². The van der Waals surface area contributed by atoms with Gasteiger partial charge in [0.1, 0.15) is 5.82 Å². The number of anilines is 1. The molecule has 0 radical (unpaired) electrons. The molecule has 1 aliphatic heterocycles. The molecule has 1 amide bonds. The Morgan fingerprint density at radius 2 is 2.07 bits per heavy atom. The Morgan fingerprint density at radius 3 is 2.78 bits per heavy atom. The Kier molecular flexibility index (Phi) is 6.68. The molecule has 2 heterocycles. The summed E-state index contributed by atoms with van der Waals surface area (Å²) < 4.78 is 21.1. The monoisotopic (exact) mass is 393 g/mol. The first-order chi connectivity index (χ1) is 13.1. The number of ether oxygens (including phenoxy) is 1. The fourth-order valence-corrected chi connectivity index (χ4v) is 3.75. The van der Waals surface area contributed by atoms with Crippen LogP contribution in [0.4, 0.5) is 10.3 Å².